The number of methoxy groups -OCH3 is 1. The molecule has 0 radical (unpaired) electrons. The first-order valence-electron chi connectivity index (χ1n) is 11.3. The second-order valence-electron chi connectivity index (χ2n) is 9.98. The summed E-state index contributed by atoms with van der Waals surface area (Å²) in [5.74, 6) is 0.951. The number of benzene rings is 1. The van der Waals surface area contributed by atoms with E-state index in [1.807, 2.05) is 7.05 Å². The minimum absolute atomic E-state index is 0.00740. The monoisotopic (exact) mass is 469 g/mol. The number of ether oxygens (including phenoxy) is 1. The van der Waals surface area contributed by atoms with Crippen molar-refractivity contribution in [3.8, 4) is 5.75 Å². The summed E-state index contributed by atoms with van der Waals surface area (Å²) in [6.45, 7) is 8.80. The van der Waals surface area contributed by atoms with Crippen molar-refractivity contribution in [3.63, 3.8) is 0 Å². The van der Waals surface area contributed by atoms with Crippen molar-refractivity contribution in [1.29, 1.82) is 5.41 Å². The summed E-state index contributed by atoms with van der Waals surface area (Å²) in [4.78, 5) is 13.7. The van der Waals surface area contributed by atoms with Gasteiger partial charge in [0.1, 0.15) is 11.4 Å². The highest BCUT2D eigenvalue weighted by Gasteiger charge is 2.39. The van der Waals surface area contributed by atoms with Crippen molar-refractivity contribution in [1.82, 2.24) is 15.5 Å². The van der Waals surface area contributed by atoms with Crippen LogP contribution in [0.1, 0.15) is 51.7 Å². The lowest BCUT2D eigenvalue weighted by atomic mass is 9.79. The second kappa shape index (κ2) is 10.7. The van der Waals surface area contributed by atoms with Crippen molar-refractivity contribution in [2.45, 2.75) is 57.7 Å². The van der Waals surface area contributed by atoms with Gasteiger partial charge in [-0.05, 0) is 75.6 Å². The molecule has 0 unspecified atom stereocenters. The number of piperidine rings is 1. The normalized spacial score (nSPS) is 18.9. The van der Waals surface area contributed by atoms with Crippen LogP contribution in [0.5, 0.6) is 5.75 Å². The number of rotatable bonds is 9. The van der Waals surface area contributed by atoms with E-state index in [1.165, 1.54) is 13.3 Å². The third-order valence-electron chi connectivity index (χ3n) is 6.03. The number of nitrogens with zero attached hydrogens (tertiary/aromatic N) is 2. The number of allylic oxidation sites excluding steroid dienone is 3. The van der Waals surface area contributed by atoms with E-state index in [-0.39, 0.29) is 22.8 Å². The zero-order valence-corrected chi connectivity index (χ0v) is 21.3. The lowest BCUT2D eigenvalue weighted by Gasteiger charge is -2.49. The van der Waals surface area contributed by atoms with Crippen LogP contribution < -0.4 is 26.8 Å². The lowest BCUT2D eigenvalue weighted by molar-refractivity contribution is 0.0981. The van der Waals surface area contributed by atoms with E-state index in [0.717, 1.165) is 12.8 Å². The Hall–Kier alpha value is -3.33. The van der Waals surface area contributed by atoms with Gasteiger partial charge in [-0.25, -0.2) is 0 Å². The number of nitrogens with two attached hydrogens (primary N) is 2. The molecular formula is C25H39N7O2. The molecule has 9 nitrogen and oxygen atoms in total. The van der Waals surface area contributed by atoms with E-state index in [2.05, 4.69) is 48.4 Å². The van der Waals surface area contributed by atoms with Crippen LogP contribution in [0.3, 0.4) is 0 Å². The molecule has 0 saturated carbocycles. The fraction of sp³-hybridized carbons (Fsp3) is 0.480. The topological polar surface area (TPSA) is 142 Å². The summed E-state index contributed by atoms with van der Waals surface area (Å²) < 4.78 is 5.51. The van der Waals surface area contributed by atoms with Gasteiger partial charge < -0.3 is 37.1 Å². The molecule has 34 heavy (non-hydrogen) atoms. The summed E-state index contributed by atoms with van der Waals surface area (Å²) >= 11 is 0. The number of hydrogen-bond donors (Lipinski definition) is 5. The Morgan fingerprint density at radius 1 is 1.24 bits per heavy atom. The summed E-state index contributed by atoms with van der Waals surface area (Å²) in [6.07, 6.45) is 8.13. The van der Waals surface area contributed by atoms with Crippen LogP contribution in [0, 0.1) is 10.3 Å². The average molecular weight is 470 g/mol. The van der Waals surface area contributed by atoms with E-state index in [1.54, 1.807) is 37.5 Å². The number of nitroso groups, excluding NO2 is 1. The van der Waals surface area contributed by atoms with Crippen LogP contribution in [0.4, 0.5) is 5.69 Å². The van der Waals surface area contributed by atoms with Crippen LogP contribution in [0.15, 0.2) is 41.5 Å². The van der Waals surface area contributed by atoms with Crippen molar-refractivity contribution in [2.24, 2.45) is 16.6 Å². The first kappa shape index (κ1) is 26.9. The number of nitrogens with one attached hydrogen (secondary N) is 3. The van der Waals surface area contributed by atoms with Gasteiger partial charge in [0.05, 0.1) is 18.5 Å². The molecule has 1 heterocycles. The molecule has 0 atom stereocenters. The van der Waals surface area contributed by atoms with Crippen molar-refractivity contribution in [3.05, 3.63) is 52.3 Å². The van der Waals surface area contributed by atoms with Crippen LogP contribution >= 0.6 is 0 Å². The molecule has 0 aromatic heterocycles. The molecule has 0 aliphatic carbocycles. The van der Waals surface area contributed by atoms with Gasteiger partial charge in [0.2, 0.25) is 0 Å². The molecule has 1 aromatic rings. The van der Waals surface area contributed by atoms with Crippen LogP contribution in [0.2, 0.25) is 0 Å². The van der Waals surface area contributed by atoms with Gasteiger partial charge in [-0.1, -0.05) is 0 Å². The zero-order chi connectivity index (χ0) is 25.7. The van der Waals surface area contributed by atoms with Gasteiger partial charge in [-0.15, -0.1) is 4.91 Å². The van der Waals surface area contributed by atoms with Crippen LogP contribution in [-0.4, -0.2) is 49.4 Å². The minimum Gasteiger partial charge on any atom is -0.496 e. The van der Waals surface area contributed by atoms with Gasteiger partial charge in [-0.2, -0.15) is 0 Å². The Kier molecular flexibility index (Phi) is 8.50. The van der Waals surface area contributed by atoms with Crippen LogP contribution in [-0.2, 0) is 0 Å². The summed E-state index contributed by atoms with van der Waals surface area (Å²) in [5.41, 5.74) is 14.7. The Labute approximate surface area is 202 Å². The third-order valence-corrected chi connectivity index (χ3v) is 6.03. The second-order valence-corrected chi connectivity index (χ2v) is 9.98. The fourth-order valence-electron chi connectivity index (χ4n) is 4.78. The van der Waals surface area contributed by atoms with Gasteiger partial charge in [0, 0.05) is 54.9 Å². The first-order valence-corrected chi connectivity index (χ1v) is 11.3. The molecule has 2 rings (SSSR count). The largest absolute Gasteiger partial charge is 0.496 e. The third kappa shape index (κ3) is 6.38. The van der Waals surface area contributed by atoms with E-state index in [4.69, 9.17) is 21.6 Å². The van der Waals surface area contributed by atoms with Gasteiger partial charge in [-0.3, -0.25) is 0 Å². The number of hydrogen-bond acceptors (Lipinski definition) is 9. The maximum absolute atomic E-state index is 11.7. The Balaban J connectivity index is 2.40. The van der Waals surface area contributed by atoms with E-state index >= 15 is 0 Å². The smallest absolute Gasteiger partial charge is 0.131 e. The van der Waals surface area contributed by atoms with Crippen molar-refractivity contribution in [2.75, 3.05) is 21.2 Å². The zero-order valence-electron chi connectivity index (χ0n) is 21.3. The van der Waals surface area contributed by atoms with E-state index in [0.29, 0.717) is 34.0 Å². The van der Waals surface area contributed by atoms with Crippen LogP contribution in [0.25, 0.3) is 11.3 Å². The highest BCUT2D eigenvalue weighted by Crippen LogP contribution is 2.36. The molecule has 0 amide bonds. The highest BCUT2D eigenvalue weighted by atomic mass is 16.5. The molecule has 1 saturated heterocycles. The molecule has 7 N–H and O–H groups in total. The Bertz CT molecular complexity index is 993. The molecule has 186 valence electrons. The predicted molar refractivity (Wildman–Crippen MR) is 141 cm³/mol. The SMILES string of the molecule is CN/C=C(\C=N)c1cc(N=O)c(/C(N)=C/C=C(\N)N(C)C2CC(C)(C)NC(C)(C)C2)c(OC)c1. The molecule has 1 aliphatic heterocycles. The molecular weight excluding hydrogens is 430 g/mol. The van der Waals surface area contributed by atoms with Gasteiger partial charge in [0.15, 0.2) is 0 Å². The predicted octanol–water partition coefficient (Wildman–Crippen LogP) is 3.64. The average Bonchev–Trinajstić information content (AvgIpc) is 2.77. The quantitative estimate of drug-likeness (QED) is 0.211. The summed E-state index contributed by atoms with van der Waals surface area (Å²) in [6, 6.07) is 3.56. The summed E-state index contributed by atoms with van der Waals surface area (Å²) in [5, 5.41) is 17.4. The first-order chi connectivity index (χ1) is 15.9. The minimum atomic E-state index is -0.00740. The van der Waals surface area contributed by atoms with E-state index < -0.39 is 0 Å². The standard InChI is InChI=1S/C25H39N7O2/c1-24(2)12-18(13-25(3,4)31-24)32(6)22(28)9-8-19(27)23-20(30-33)10-16(11-21(23)34-7)17(14-26)15-29-5/h8-11,14-15,18,26,29,31H,12-13,27-28H2,1-7H3/b17-15+,19-8-,22-9+,26-14?. The maximum atomic E-state index is 11.7. The molecule has 1 aliphatic rings. The van der Waals surface area contributed by atoms with Gasteiger partial charge in [0.25, 0.3) is 0 Å². The van der Waals surface area contributed by atoms with Gasteiger partial charge >= 0.3 is 0 Å². The molecule has 9 heteroatoms. The Morgan fingerprint density at radius 2 is 1.85 bits per heavy atom. The molecule has 0 bridgehead atoms. The van der Waals surface area contributed by atoms with E-state index in [9.17, 15) is 4.91 Å². The molecule has 0 spiro atoms. The Morgan fingerprint density at radius 3 is 2.35 bits per heavy atom. The fourth-order valence-corrected chi connectivity index (χ4v) is 4.78. The van der Waals surface area contributed by atoms with Crippen molar-refractivity contribution < 1.29 is 4.74 Å². The molecule has 1 fully saturated rings. The highest BCUT2D eigenvalue weighted by molar-refractivity contribution is 6.09. The van der Waals surface area contributed by atoms with Crippen molar-refractivity contribution >= 4 is 23.2 Å². The maximum Gasteiger partial charge on any atom is 0.131 e. The molecule has 1 aromatic carbocycles. The lowest BCUT2D eigenvalue weighted by Crippen LogP contribution is -2.61. The summed E-state index contributed by atoms with van der Waals surface area (Å²) in [7, 11) is 5.21.